The minimum Gasteiger partial charge on any atom is -0.371 e. The molecule has 0 unspecified atom stereocenters. The van der Waals surface area contributed by atoms with Gasteiger partial charge in [0.05, 0.1) is 5.52 Å². The Bertz CT molecular complexity index is 581. The van der Waals surface area contributed by atoms with E-state index >= 15 is 0 Å². The van der Waals surface area contributed by atoms with Crippen LogP contribution in [0, 0.1) is 13.8 Å². The highest BCUT2D eigenvalue weighted by Gasteiger charge is 2.14. The zero-order chi connectivity index (χ0) is 13.2. The average molecular weight is 254 g/mol. The summed E-state index contributed by atoms with van der Waals surface area (Å²) >= 11 is 0. The molecule has 1 saturated heterocycles. The minimum atomic E-state index is 1.12. The van der Waals surface area contributed by atoms with Gasteiger partial charge in [-0.15, -0.1) is 0 Å². The highest BCUT2D eigenvalue weighted by atomic mass is 15.1. The summed E-state index contributed by atoms with van der Waals surface area (Å²) in [6, 6.07) is 8.84. The lowest BCUT2D eigenvalue weighted by atomic mass is 10.1. The largest absolute Gasteiger partial charge is 0.371 e. The van der Waals surface area contributed by atoms with Crippen LogP contribution in [0.15, 0.2) is 24.3 Å². The van der Waals surface area contributed by atoms with Crippen molar-refractivity contribution < 1.29 is 0 Å². The molecule has 100 valence electrons. The lowest BCUT2D eigenvalue weighted by molar-refractivity contribution is 0.726. The molecule has 1 aromatic carbocycles. The zero-order valence-corrected chi connectivity index (χ0v) is 11.9. The average Bonchev–Trinajstić information content (AvgIpc) is 2.67. The van der Waals surface area contributed by atoms with Crippen LogP contribution in [-0.2, 0) is 0 Å². The molecule has 0 aliphatic carbocycles. The maximum absolute atomic E-state index is 4.67. The molecule has 1 fully saturated rings. The number of aryl methyl sites for hydroxylation is 2. The van der Waals surface area contributed by atoms with E-state index in [0.29, 0.717) is 0 Å². The van der Waals surface area contributed by atoms with E-state index in [1.54, 1.807) is 0 Å². The summed E-state index contributed by atoms with van der Waals surface area (Å²) in [7, 11) is 0. The topological polar surface area (TPSA) is 16.1 Å². The Hall–Kier alpha value is -1.57. The van der Waals surface area contributed by atoms with E-state index in [1.165, 1.54) is 55.4 Å². The van der Waals surface area contributed by atoms with Crippen LogP contribution < -0.4 is 4.90 Å². The van der Waals surface area contributed by atoms with Crippen molar-refractivity contribution in [3.05, 3.63) is 35.5 Å². The van der Waals surface area contributed by atoms with Gasteiger partial charge in [-0.25, -0.2) is 0 Å². The lowest BCUT2D eigenvalue weighted by Crippen LogP contribution is -2.24. The van der Waals surface area contributed by atoms with Gasteiger partial charge in [-0.2, -0.15) is 0 Å². The molecule has 0 atom stereocenters. The fourth-order valence-corrected chi connectivity index (χ4v) is 3.02. The lowest BCUT2D eigenvalue weighted by Gasteiger charge is -2.24. The quantitative estimate of drug-likeness (QED) is 0.757. The van der Waals surface area contributed by atoms with Crippen LogP contribution in [0.1, 0.15) is 36.9 Å². The van der Waals surface area contributed by atoms with E-state index in [1.807, 2.05) is 0 Å². The minimum absolute atomic E-state index is 1.12. The molecular weight excluding hydrogens is 232 g/mol. The monoisotopic (exact) mass is 254 g/mol. The Morgan fingerprint density at radius 3 is 2.42 bits per heavy atom. The number of rotatable bonds is 1. The third-order valence-corrected chi connectivity index (χ3v) is 4.02. The van der Waals surface area contributed by atoms with Gasteiger partial charge in [-0.05, 0) is 44.9 Å². The van der Waals surface area contributed by atoms with E-state index in [0.717, 1.165) is 11.2 Å². The van der Waals surface area contributed by atoms with Gasteiger partial charge in [-0.1, -0.05) is 24.5 Å². The van der Waals surface area contributed by atoms with E-state index in [-0.39, 0.29) is 0 Å². The summed E-state index contributed by atoms with van der Waals surface area (Å²) in [6.07, 6.45) is 5.37. The SMILES string of the molecule is Cc1ccc2nc(C)cc(N3CCCCCC3)c2c1. The second-order valence-electron chi connectivity index (χ2n) is 5.70. The molecule has 0 amide bonds. The van der Waals surface area contributed by atoms with Crippen molar-refractivity contribution in [3.8, 4) is 0 Å². The van der Waals surface area contributed by atoms with Crippen LogP contribution in [0.3, 0.4) is 0 Å². The Morgan fingerprint density at radius 2 is 1.68 bits per heavy atom. The highest BCUT2D eigenvalue weighted by Crippen LogP contribution is 2.29. The molecule has 0 spiro atoms. The van der Waals surface area contributed by atoms with Crippen LogP contribution in [0.5, 0.6) is 0 Å². The summed E-state index contributed by atoms with van der Waals surface area (Å²) < 4.78 is 0. The number of benzene rings is 1. The first kappa shape index (κ1) is 12.5. The Kier molecular flexibility index (Phi) is 3.41. The first-order valence-corrected chi connectivity index (χ1v) is 7.37. The van der Waals surface area contributed by atoms with Crippen molar-refractivity contribution in [1.82, 2.24) is 4.98 Å². The molecule has 2 nitrogen and oxygen atoms in total. The summed E-state index contributed by atoms with van der Waals surface area (Å²) in [6.45, 7) is 6.63. The molecule has 0 radical (unpaired) electrons. The maximum atomic E-state index is 4.67. The van der Waals surface area contributed by atoms with Crippen molar-refractivity contribution in [1.29, 1.82) is 0 Å². The molecule has 2 heterocycles. The predicted octanol–water partition coefficient (Wildman–Crippen LogP) is 4.23. The van der Waals surface area contributed by atoms with Crippen molar-refractivity contribution >= 4 is 16.6 Å². The van der Waals surface area contributed by atoms with Crippen molar-refractivity contribution in [2.24, 2.45) is 0 Å². The van der Waals surface area contributed by atoms with Crippen molar-refractivity contribution in [2.75, 3.05) is 18.0 Å². The predicted molar refractivity (Wildman–Crippen MR) is 81.9 cm³/mol. The Morgan fingerprint density at radius 1 is 0.947 bits per heavy atom. The fraction of sp³-hybridized carbons (Fsp3) is 0.471. The second kappa shape index (κ2) is 5.20. The molecular formula is C17H22N2. The van der Waals surface area contributed by atoms with Gasteiger partial charge >= 0.3 is 0 Å². The van der Waals surface area contributed by atoms with E-state index in [2.05, 4.69) is 48.0 Å². The second-order valence-corrected chi connectivity index (χ2v) is 5.70. The fourth-order valence-electron chi connectivity index (χ4n) is 3.02. The highest BCUT2D eigenvalue weighted by molar-refractivity contribution is 5.92. The molecule has 1 aromatic heterocycles. The molecule has 3 rings (SSSR count). The summed E-state index contributed by atoms with van der Waals surface area (Å²) in [5.41, 5.74) is 4.95. The number of aromatic nitrogens is 1. The molecule has 0 bridgehead atoms. The summed E-state index contributed by atoms with van der Waals surface area (Å²) in [5.74, 6) is 0. The number of hydrogen-bond acceptors (Lipinski definition) is 2. The number of pyridine rings is 1. The van der Waals surface area contributed by atoms with Crippen LogP contribution in [0.25, 0.3) is 10.9 Å². The number of fused-ring (bicyclic) bond motifs is 1. The number of hydrogen-bond donors (Lipinski definition) is 0. The van der Waals surface area contributed by atoms with Gasteiger partial charge in [0.1, 0.15) is 0 Å². The van der Waals surface area contributed by atoms with Crippen LogP contribution in [0.2, 0.25) is 0 Å². The molecule has 19 heavy (non-hydrogen) atoms. The van der Waals surface area contributed by atoms with Gasteiger partial charge in [0.2, 0.25) is 0 Å². The van der Waals surface area contributed by atoms with Crippen LogP contribution in [0.4, 0.5) is 5.69 Å². The van der Waals surface area contributed by atoms with Gasteiger partial charge in [-0.3, -0.25) is 4.98 Å². The van der Waals surface area contributed by atoms with Crippen molar-refractivity contribution in [2.45, 2.75) is 39.5 Å². The maximum Gasteiger partial charge on any atom is 0.0726 e. The van der Waals surface area contributed by atoms with E-state index in [9.17, 15) is 0 Å². The summed E-state index contributed by atoms with van der Waals surface area (Å²) in [5, 5.41) is 1.31. The van der Waals surface area contributed by atoms with Gasteiger partial charge in [0.15, 0.2) is 0 Å². The van der Waals surface area contributed by atoms with Gasteiger partial charge in [0, 0.05) is 29.9 Å². The number of anilines is 1. The van der Waals surface area contributed by atoms with Gasteiger partial charge < -0.3 is 4.90 Å². The third-order valence-electron chi connectivity index (χ3n) is 4.02. The zero-order valence-electron chi connectivity index (χ0n) is 11.9. The molecule has 0 saturated carbocycles. The van der Waals surface area contributed by atoms with Gasteiger partial charge in [0.25, 0.3) is 0 Å². The molecule has 0 N–H and O–H groups in total. The molecule has 2 aromatic rings. The van der Waals surface area contributed by atoms with Crippen LogP contribution in [-0.4, -0.2) is 18.1 Å². The summed E-state index contributed by atoms with van der Waals surface area (Å²) in [4.78, 5) is 7.23. The first-order chi connectivity index (χ1) is 9.24. The Balaban J connectivity index is 2.12. The van der Waals surface area contributed by atoms with Crippen LogP contribution >= 0.6 is 0 Å². The third kappa shape index (κ3) is 2.58. The molecule has 1 aliphatic rings. The first-order valence-electron chi connectivity index (χ1n) is 7.37. The molecule has 1 aliphatic heterocycles. The van der Waals surface area contributed by atoms with Crippen molar-refractivity contribution in [3.63, 3.8) is 0 Å². The Labute approximate surface area is 115 Å². The number of nitrogens with zero attached hydrogens (tertiary/aromatic N) is 2. The van der Waals surface area contributed by atoms with E-state index in [4.69, 9.17) is 0 Å². The smallest absolute Gasteiger partial charge is 0.0726 e. The van der Waals surface area contributed by atoms with E-state index < -0.39 is 0 Å². The molecule has 2 heteroatoms. The normalized spacial score (nSPS) is 16.6. The standard InChI is InChI=1S/C17H22N2/c1-13-7-8-16-15(11-13)17(12-14(2)18-16)19-9-5-3-4-6-10-19/h7-8,11-12H,3-6,9-10H2,1-2H3.